The molecule has 0 amide bonds. The van der Waals surface area contributed by atoms with E-state index >= 15 is 0 Å². The number of fused-ring (bicyclic) bond motifs is 5. The Morgan fingerprint density at radius 1 is 0.431 bits per heavy atom. The molecule has 1 aliphatic heterocycles. The van der Waals surface area contributed by atoms with Crippen LogP contribution in [0.25, 0.3) is 65.7 Å². The van der Waals surface area contributed by atoms with Gasteiger partial charge in [-0.15, -0.1) is 0 Å². The van der Waals surface area contributed by atoms with Crippen LogP contribution < -0.4 is 5.32 Å². The summed E-state index contributed by atoms with van der Waals surface area (Å²) in [5, 5.41) is 10.6. The van der Waals surface area contributed by atoms with E-state index in [0.29, 0.717) is 5.84 Å². The highest BCUT2D eigenvalue weighted by atomic mass is 16.3. The van der Waals surface area contributed by atoms with Crippen LogP contribution in [0.4, 0.5) is 0 Å². The fraction of sp³-hybridized carbons (Fsp3) is 0.0213. The lowest BCUT2D eigenvalue weighted by atomic mass is 9.95. The summed E-state index contributed by atoms with van der Waals surface area (Å²) in [6.45, 7) is 0. The molecule has 240 valence electrons. The normalized spacial score (nSPS) is 14.5. The Hall–Kier alpha value is -6.78. The van der Waals surface area contributed by atoms with Gasteiger partial charge in [0.2, 0.25) is 0 Å². The number of benzene rings is 8. The summed E-state index contributed by atoms with van der Waals surface area (Å²) in [7, 11) is 0. The van der Waals surface area contributed by atoms with Gasteiger partial charge >= 0.3 is 0 Å². The maximum absolute atomic E-state index is 6.55. The number of hydrogen-bond acceptors (Lipinski definition) is 4. The fourth-order valence-electron chi connectivity index (χ4n) is 7.30. The highest BCUT2D eigenvalue weighted by Crippen LogP contribution is 2.39. The van der Waals surface area contributed by atoms with Crippen LogP contribution in [0.2, 0.25) is 0 Å². The minimum atomic E-state index is -0.434. The van der Waals surface area contributed by atoms with E-state index in [1.54, 1.807) is 0 Å². The summed E-state index contributed by atoms with van der Waals surface area (Å²) in [6, 6.07) is 61.7. The smallest absolute Gasteiger partial charge is 0.159 e. The van der Waals surface area contributed by atoms with E-state index in [4.69, 9.17) is 14.4 Å². The van der Waals surface area contributed by atoms with E-state index in [0.717, 1.165) is 66.5 Å². The van der Waals surface area contributed by atoms with Crippen molar-refractivity contribution in [3.05, 3.63) is 193 Å². The molecule has 0 radical (unpaired) electrons. The molecule has 1 unspecified atom stereocenters. The van der Waals surface area contributed by atoms with E-state index in [2.05, 4.69) is 163 Å². The Balaban J connectivity index is 1.16. The molecule has 0 saturated carbocycles. The second-order valence-corrected chi connectivity index (χ2v) is 13.1. The van der Waals surface area contributed by atoms with Crippen LogP contribution in [0, 0.1) is 0 Å². The van der Waals surface area contributed by atoms with Gasteiger partial charge in [-0.25, -0.2) is 9.98 Å². The summed E-state index contributed by atoms with van der Waals surface area (Å²) in [4.78, 5) is 10.6. The molecule has 8 aromatic carbocycles. The summed E-state index contributed by atoms with van der Waals surface area (Å²) < 4.78 is 6.55. The Labute approximate surface area is 295 Å². The topological polar surface area (TPSA) is 49.9 Å². The van der Waals surface area contributed by atoms with Gasteiger partial charge in [-0.2, -0.15) is 0 Å². The number of para-hydroxylation sites is 1. The van der Waals surface area contributed by atoms with Crippen molar-refractivity contribution in [3.63, 3.8) is 0 Å². The molecule has 0 fully saturated rings. The lowest BCUT2D eigenvalue weighted by molar-refractivity contribution is 0.662. The number of furan rings is 1. The van der Waals surface area contributed by atoms with Crippen molar-refractivity contribution in [1.82, 2.24) is 5.32 Å². The van der Waals surface area contributed by atoms with Crippen LogP contribution in [-0.4, -0.2) is 11.7 Å². The van der Waals surface area contributed by atoms with Crippen molar-refractivity contribution < 1.29 is 4.42 Å². The van der Waals surface area contributed by atoms with E-state index in [9.17, 15) is 0 Å². The molecule has 1 N–H and O–H groups in total. The van der Waals surface area contributed by atoms with E-state index < -0.39 is 6.17 Å². The Kier molecular flexibility index (Phi) is 6.85. The average molecular weight is 654 g/mol. The SMILES string of the molecule is c1ccc(-c2ccc(C3=NC(c4ccc5ccccc5c4)=NC(c4cc(-c5ccc6ccccc6c5)cc5oc6ccccc6c45)N3)cc2)cc1. The average Bonchev–Trinajstić information content (AvgIpc) is 3.59. The first-order chi connectivity index (χ1) is 25.2. The number of nitrogens with zero attached hydrogens (tertiary/aromatic N) is 2. The van der Waals surface area contributed by atoms with Gasteiger partial charge in [-0.1, -0.05) is 146 Å². The quantitative estimate of drug-likeness (QED) is 0.201. The molecular formula is C47H31N3O. The Bertz CT molecular complexity index is 2830. The van der Waals surface area contributed by atoms with Gasteiger partial charge in [0.1, 0.15) is 23.2 Å². The molecule has 0 spiro atoms. The van der Waals surface area contributed by atoms with Gasteiger partial charge in [0.25, 0.3) is 0 Å². The minimum Gasteiger partial charge on any atom is -0.456 e. The molecule has 0 saturated heterocycles. The molecular weight excluding hydrogens is 623 g/mol. The molecule has 1 atom stereocenters. The first-order valence-corrected chi connectivity index (χ1v) is 17.3. The van der Waals surface area contributed by atoms with Crippen LogP contribution in [0.15, 0.2) is 190 Å². The van der Waals surface area contributed by atoms with Gasteiger partial charge in [-0.05, 0) is 74.1 Å². The van der Waals surface area contributed by atoms with Crippen molar-refractivity contribution in [2.75, 3.05) is 0 Å². The zero-order valence-electron chi connectivity index (χ0n) is 27.6. The molecule has 1 aromatic heterocycles. The molecule has 51 heavy (non-hydrogen) atoms. The molecule has 9 aromatic rings. The monoisotopic (exact) mass is 653 g/mol. The van der Waals surface area contributed by atoms with Gasteiger partial charge in [0.15, 0.2) is 5.84 Å². The third-order valence-electron chi connectivity index (χ3n) is 9.90. The molecule has 0 bridgehead atoms. The number of hydrogen-bond donors (Lipinski definition) is 1. The first kappa shape index (κ1) is 29.2. The number of aliphatic imine (C=N–C) groups is 2. The summed E-state index contributed by atoms with van der Waals surface area (Å²) >= 11 is 0. The van der Waals surface area contributed by atoms with Crippen molar-refractivity contribution in [2.45, 2.75) is 6.17 Å². The maximum atomic E-state index is 6.55. The highest BCUT2D eigenvalue weighted by Gasteiger charge is 2.26. The largest absolute Gasteiger partial charge is 0.456 e. The second kappa shape index (κ2) is 12.0. The summed E-state index contributed by atoms with van der Waals surface area (Å²) in [6.07, 6.45) is -0.434. The third-order valence-corrected chi connectivity index (χ3v) is 9.90. The first-order valence-electron chi connectivity index (χ1n) is 17.3. The summed E-state index contributed by atoms with van der Waals surface area (Å²) in [5.74, 6) is 1.46. The molecule has 1 aliphatic rings. The highest BCUT2D eigenvalue weighted by molar-refractivity contribution is 6.15. The second-order valence-electron chi connectivity index (χ2n) is 13.1. The Morgan fingerprint density at radius 3 is 1.78 bits per heavy atom. The maximum Gasteiger partial charge on any atom is 0.159 e. The van der Waals surface area contributed by atoms with Crippen molar-refractivity contribution in [1.29, 1.82) is 0 Å². The van der Waals surface area contributed by atoms with Gasteiger partial charge in [-0.3, -0.25) is 0 Å². The molecule has 2 heterocycles. The predicted molar refractivity (Wildman–Crippen MR) is 211 cm³/mol. The van der Waals surface area contributed by atoms with Crippen molar-refractivity contribution in [2.24, 2.45) is 9.98 Å². The van der Waals surface area contributed by atoms with Crippen molar-refractivity contribution >= 4 is 55.2 Å². The van der Waals surface area contributed by atoms with E-state index in [1.807, 2.05) is 18.2 Å². The zero-order valence-corrected chi connectivity index (χ0v) is 27.6. The standard InChI is InChI=1S/C47H31N3O/c1-2-10-30(11-3-1)33-18-22-34(23-19-33)45-48-46(38-25-21-32-13-5-7-15-36(32)27-38)50-47(49-45)41-28-39(37-24-20-31-12-4-6-14-35(31)26-37)29-43-44(41)40-16-8-9-17-42(40)51-43/h1-29,47H,(H,48,49,50). The lowest BCUT2D eigenvalue weighted by Gasteiger charge is -2.25. The molecule has 4 heteroatoms. The van der Waals surface area contributed by atoms with E-state index in [1.165, 1.54) is 21.7 Å². The van der Waals surface area contributed by atoms with Crippen LogP contribution >= 0.6 is 0 Å². The zero-order chi connectivity index (χ0) is 33.7. The van der Waals surface area contributed by atoms with Crippen molar-refractivity contribution in [3.8, 4) is 22.3 Å². The molecule has 10 rings (SSSR count). The van der Waals surface area contributed by atoms with Gasteiger partial charge in [0.05, 0.1) is 0 Å². The third kappa shape index (κ3) is 5.25. The van der Waals surface area contributed by atoms with Crippen LogP contribution in [0.3, 0.4) is 0 Å². The molecule has 4 nitrogen and oxygen atoms in total. The van der Waals surface area contributed by atoms with Crippen LogP contribution in [0.5, 0.6) is 0 Å². The fourth-order valence-corrected chi connectivity index (χ4v) is 7.30. The van der Waals surface area contributed by atoms with Gasteiger partial charge < -0.3 is 9.73 Å². The summed E-state index contributed by atoms with van der Waals surface area (Å²) in [5.41, 5.74) is 9.21. The number of amidine groups is 2. The van der Waals surface area contributed by atoms with Gasteiger partial charge in [0, 0.05) is 27.5 Å². The van der Waals surface area contributed by atoms with Crippen LogP contribution in [0.1, 0.15) is 22.9 Å². The Morgan fingerprint density at radius 2 is 1.02 bits per heavy atom. The number of nitrogens with one attached hydrogen (secondary N) is 1. The minimum absolute atomic E-state index is 0.434. The van der Waals surface area contributed by atoms with Crippen LogP contribution in [-0.2, 0) is 0 Å². The lowest BCUT2D eigenvalue weighted by Crippen LogP contribution is -2.33. The van der Waals surface area contributed by atoms with E-state index in [-0.39, 0.29) is 0 Å². The number of rotatable bonds is 5. The molecule has 0 aliphatic carbocycles. The predicted octanol–water partition coefficient (Wildman–Crippen LogP) is 11.7.